The lowest BCUT2D eigenvalue weighted by molar-refractivity contribution is -0.119. The maximum absolute atomic E-state index is 13.5. The van der Waals surface area contributed by atoms with E-state index in [4.69, 9.17) is 17.3 Å². The van der Waals surface area contributed by atoms with Crippen molar-refractivity contribution in [2.45, 2.75) is 12.2 Å². The van der Waals surface area contributed by atoms with Gasteiger partial charge in [0.05, 0.1) is 10.2 Å². The fourth-order valence-corrected chi connectivity index (χ4v) is 4.23. The van der Waals surface area contributed by atoms with Gasteiger partial charge in [0, 0.05) is 12.4 Å². The van der Waals surface area contributed by atoms with Crippen LogP contribution in [0.15, 0.2) is 53.3 Å². The first kappa shape index (κ1) is 21.0. The highest BCUT2D eigenvalue weighted by molar-refractivity contribution is 9.10. The number of primary amides is 1. The zero-order valence-electron chi connectivity index (χ0n) is 15.6. The maximum atomic E-state index is 13.5. The minimum Gasteiger partial charge on any atom is -0.478 e. The van der Waals surface area contributed by atoms with Crippen LogP contribution in [0.4, 0.5) is 15.9 Å². The van der Waals surface area contributed by atoms with Crippen molar-refractivity contribution in [1.29, 1.82) is 0 Å². The van der Waals surface area contributed by atoms with Crippen LogP contribution in [0.5, 0.6) is 0 Å². The normalized spacial score (nSPS) is 15.8. The third kappa shape index (κ3) is 3.79. The van der Waals surface area contributed by atoms with Crippen molar-refractivity contribution >= 4 is 50.9 Å². The van der Waals surface area contributed by atoms with Crippen molar-refractivity contribution in [3.8, 4) is 0 Å². The Morgan fingerprint density at radius 3 is 2.58 bits per heavy atom. The van der Waals surface area contributed by atoms with Gasteiger partial charge in [0.2, 0.25) is 5.91 Å². The summed E-state index contributed by atoms with van der Waals surface area (Å²) in [6, 6.07) is 7.50. The van der Waals surface area contributed by atoms with Gasteiger partial charge in [-0.3, -0.25) is 4.79 Å². The van der Waals surface area contributed by atoms with Gasteiger partial charge in [-0.05, 0) is 51.3 Å². The number of aromatic carboxylic acids is 1. The molecule has 0 saturated heterocycles. The van der Waals surface area contributed by atoms with Gasteiger partial charge in [0.15, 0.2) is 5.82 Å². The Labute approximate surface area is 189 Å². The minimum atomic E-state index is -1.23. The lowest BCUT2D eigenvalue weighted by Gasteiger charge is -2.34. The molecular formula is C20H14BrClFN5O3. The number of hydrogen-bond donors (Lipinski definition) is 3. The maximum Gasteiger partial charge on any atom is 0.339 e. The summed E-state index contributed by atoms with van der Waals surface area (Å²) >= 11 is 9.25. The molecular weight excluding hydrogens is 493 g/mol. The van der Waals surface area contributed by atoms with Gasteiger partial charge < -0.3 is 21.1 Å². The molecule has 158 valence electrons. The number of nitrogens with two attached hydrogens (primary N) is 1. The molecule has 3 aromatic rings. The van der Waals surface area contributed by atoms with Gasteiger partial charge >= 0.3 is 5.97 Å². The van der Waals surface area contributed by atoms with Crippen molar-refractivity contribution in [3.05, 3.63) is 80.9 Å². The number of amides is 1. The van der Waals surface area contributed by atoms with E-state index in [0.717, 1.165) is 0 Å². The molecule has 11 heteroatoms. The first-order valence-electron chi connectivity index (χ1n) is 8.91. The second kappa shape index (κ2) is 8.12. The third-order valence-electron chi connectivity index (χ3n) is 4.83. The van der Waals surface area contributed by atoms with Crippen molar-refractivity contribution in [2.75, 3.05) is 10.2 Å². The molecule has 0 saturated carbocycles. The Morgan fingerprint density at radius 1 is 1.26 bits per heavy atom. The molecule has 0 spiro atoms. The Hall–Kier alpha value is -3.24. The standard InChI is InChI=1S/C20H14BrClFN5O3/c21-12-8-26-18-16(14(12)20(30)31)28(19(27-18)9-1-3-11(23)4-2-9)15(17(24)29)10-5-6-25-13(22)7-10/h1-8,15,19H,(H2,24,29)(H,26,27)(H,30,31). The van der Waals surface area contributed by atoms with Crippen LogP contribution in [0.25, 0.3) is 0 Å². The molecule has 1 aromatic carbocycles. The number of benzene rings is 1. The monoisotopic (exact) mass is 505 g/mol. The van der Waals surface area contributed by atoms with E-state index in [1.165, 1.54) is 47.6 Å². The molecule has 2 unspecified atom stereocenters. The van der Waals surface area contributed by atoms with Gasteiger partial charge in [0.1, 0.15) is 28.7 Å². The number of anilines is 2. The number of halogens is 3. The topological polar surface area (TPSA) is 121 Å². The van der Waals surface area contributed by atoms with Crippen LogP contribution in [-0.4, -0.2) is 27.0 Å². The smallest absolute Gasteiger partial charge is 0.339 e. The average molecular weight is 507 g/mol. The second-order valence-corrected chi connectivity index (χ2v) is 7.95. The van der Waals surface area contributed by atoms with Gasteiger partial charge in [0.25, 0.3) is 0 Å². The van der Waals surface area contributed by atoms with Gasteiger partial charge in [-0.25, -0.2) is 19.2 Å². The fourth-order valence-electron chi connectivity index (χ4n) is 3.58. The number of pyridine rings is 2. The minimum absolute atomic E-state index is 0.103. The number of nitrogens with one attached hydrogen (secondary N) is 1. The molecule has 2 atom stereocenters. The van der Waals surface area contributed by atoms with Crippen LogP contribution >= 0.6 is 27.5 Å². The van der Waals surface area contributed by atoms with E-state index in [-0.39, 0.29) is 26.7 Å². The highest BCUT2D eigenvalue weighted by atomic mass is 79.9. The number of nitrogens with zero attached hydrogens (tertiary/aromatic N) is 3. The molecule has 8 nitrogen and oxygen atoms in total. The highest BCUT2D eigenvalue weighted by Gasteiger charge is 2.42. The van der Waals surface area contributed by atoms with E-state index in [1.54, 1.807) is 6.07 Å². The van der Waals surface area contributed by atoms with E-state index in [0.29, 0.717) is 11.1 Å². The summed E-state index contributed by atoms with van der Waals surface area (Å²) < 4.78 is 13.8. The van der Waals surface area contributed by atoms with Crippen LogP contribution in [0, 0.1) is 5.82 Å². The number of hydrogen-bond acceptors (Lipinski definition) is 6. The van der Waals surface area contributed by atoms with E-state index in [2.05, 4.69) is 31.2 Å². The van der Waals surface area contributed by atoms with Crippen molar-refractivity contribution in [2.24, 2.45) is 5.73 Å². The summed E-state index contributed by atoms with van der Waals surface area (Å²) in [5.74, 6) is -2.18. The quantitative estimate of drug-likeness (QED) is 0.449. The molecule has 1 aliphatic heterocycles. The summed E-state index contributed by atoms with van der Waals surface area (Å²) in [5, 5.41) is 13.1. The van der Waals surface area contributed by atoms with E-state index in [1.807, 2.05) is 0 Å². The first-order valence-corrected chi connectivity index (χ1v) is 10.1. The molecule has 0 radical (unpaired) electrons. The number of fused-ring (bicyclic) bond motifs is 1. The molecule has 0 bridgehead atoms. The van der Waals surface area contributed by atoms with E-state index < -0.39 is 29.9 Å². The number of rotatable bonds is 5. The molecule has 2 aromatic heterocycles. The van der Waals surface area contributed by atoms with Gasteiger partial charge in [-0.1, -0.05) is 23.7 Å². The Balaban J connectivity index is 1.98. The van der Waals surface area contributed by atoms with Gasteiger partial charge in [-0.15, -0.1) is 0 Å². The summed E-state index contributed by atoms with van der Waals surface area (Å²) in [6.45, 7) is 0. The zero-order chi connectivity index (χ0) is 22.3. The molecule has 31 heavy (non-hydrogen) atoms. The molecule has 1 amide bonds. The Kier molecular flexibility index (Phi) is 5.50. The van der Waals surface area contributed by atoms with Crippen LogP contribution in [0.1, 0.15) is 33.7 Å². The van der Waals surface area contributed by atoms with Crippen LogP contribution in [-0.2, 0) is 4.79 Å². The molecule has 4 rings (SSSR count). The molecule has 4 N–H and O–H groups in total. The summed E-state index contributed by atoms with van der Waals surface area (Å²) in [5.41, 5.74) is 6.81. The summed E-state index contributed by atoms with van der Waals surface area (Å²) in [7, 11) is 0. The summed E-state index contributed by atoms with van der Waals surface area (Å²) in [4.78, 5) is 34.4. The second-order valence-electron chi connectivity index (χ2n) is 6.71. The lowest BCUT2D eigenvalue weighted by atomic mass is 10.0. The number of carbonyl (C=O) groups excluding carboxylic acids is 1. The van der Waals surface area contributed by atoms with Crippen molar-refractivity contribution < 1.29 is 19.1 Å². The van der Waals surface area contributed by atoms with E-state index in [9.17, 15) is 19.1 Å². The lowest BCUT2D eigenvalue weighted by Crippen LogP contribution is -2.40. The molecule has 1 aliphatic rings. The number of aromatic nitrogens is 2. The average Bonchev–Trinajstić information content (AvgIpc) is 3.07. The third-order valence-corrected chi connectivity index (χ3v) is 5.64. The van der Waals surface area contributed by atoms with Crippen LogP contribution in [0.2, 0.25) is 5.15 Å². The predicted octanol–water partition coefficient (Wildman–Crippen LogP) is 3.89. The highest BCUT2D eigenvalue weighted by Crippen LogP contribution is 2.48. The SMILES string of the molecule is NC(=O)C(c1ccnc(Cl)c1)N1c2c(ncc(Br)c2C(=O)O)NC1c1ccc(F)cc1. The fraction of sp³-hybridized carbons (Fsp3) is 0.100. The summed E-state index contributed by atoms with van der Waals surface area (Å²) in [6.07, 6.45) is 2.01. The number of carboxylic acids is 1. The van der Waals surface area contributed by atoms with E-state index >= 15 is 0 Å². The Morgan fingerprint density at radius 2 is 1.97 bits per heavy atom. The molecule has 0 aliphatic carbocycles. The largest absolute Gasteiger partial charge is 0.478 e. The zero-order valence-corrected chi connectivity index (χ0v) is 17.9. The van der Waals surface area contributed by atoms with Crippen LogP contribution in [0.3, 0.4) is 0 Å². The van der Waals surface area contributed by atoms with Crippen molar-refractivity contribution in [1.82, 2.24) is 9.97 Å². The molecule has 3 heterocycles. The predicted molar refractivity (Wildman–Crippen MR) is 115 cm³/mol. The van der Waals surface area contributed by atoms with Crippen molar-refractivity contribution in [3.63, 3.8) is 0 Å². The Bertz CT molecular complexity index is 1190. The van der Waals surface area contributed by atoms with Crippen LogP contribution < -0.4 is 16.0 Å². The van der Waals surface area contributed by atoms with Gasteiger partial charge in [-0.2, -0.15) is 0 Å². The number of carbonyl (C=O) groups is 2. The number of carboxylic acid groups (broad SMARTS) is 1. The molecule has 0 fully saturated rings. The first-order chi connectivity index (χ1) is 14.8.